The molecular formula is C9H9ClN2O3. The maximum atomic E-state index is 11.6. The van der Waals surface area contributed by atoms with E-state index in [0.717, 1.165) is 0 Å². The molecular weight excluding hydrogens is 220 g/mol. The van der Waals surface area contributed by atoms with Crippen LogP contribution >= 0.6 is 11.6 Å². The van der Waals surface area contributed by atoms with Crippen LogP contribution in [0.3, 0.4) is 0 Å². The van der Waals surface area contributed by atoms with Gasteiger partial charge in [-0.3, -0.25) is 14.9 Å². The lowest BCUT2D eigenvalue weighted by Crippen LogP contribution is -2.27. The number of benzene rings is 1. The predicted octanol–water partition coefficient (Wildman–Crippen LogP) is 1.78. The van der Waals surface area contributed by atoms with Gasteiger partial charge in [-0.2, -0.15) is 0 Å². The molecule has 2 N–H and O–H groups in total. The minimum Gasteiger partial charge on any atom is -0.321 e. The zero-order chi connectivity index (χ0) is 11.6. The second kappa shape index (κ2) is 4.37. The Hall–Kier alpha value is -1.46. The number of halogens is 1. The molecule has 1 aromatic rings. The molecule has 15 heavy (non-hydrogen) atoms. The Kier molecular flexibility index (Phi) is 3.39. The number of Topliss-reactive ketones (excluding diaryl/α,β-unsaturated/α-hetero) is 1. The van der Waals surface area contributed by atoms with Crippen molar-refractivity contribution in [2.24, 2.45) is 5.73 Å². The molecule has 0 fully saturated rings. The fraction of sp³-hybridized carbons (Fsp3) is 0.222. The van der Waals surface area contributed by atoms with E-state index in [0.29, 0.717) is 0 Å². The maximum Gasteiger partial charge on any atom is 0.281 e. The van der Waals surface area contributed by atoms with Crippen LogP contribution in [-0.4, -0.2) is 16.7 Å². The summed E-state index contributed by atoms with van der Waals surface area (Å²) in [5.74, 6) is -0.535. The highest BCUT2D eigenvalue weighted by Gasteiger charge is 2.24. The summed E-state index contributed by atoms with van der Waals surface area (Å²) in [5, 5.41) is 10.7. The Balaban J connectivity index is 3.37. The number of nitro groups is 1. The highest BCUT2D eigenvalue weighted by molar-refractivity contribution is 6.34. The zero-order valence-electron chi connectivity index (χ0n) is 7.94. The van der Waals surface area contributed by atoms with Crippen molar-refractivity contribution in [3.05, 3.63) is 38.9 Å². The first-order chi connectivity index (χ1) is 6.95. The number of rotatable bonds is 3. The molecule has 0 bridgehead atoms. The van der Waals surface area contributed by atoms with E-state index in [1.807, 2.05) is 0 Å². The van der Waals surface area contributed by atoms with Crippen LogP contribution in [-0.2, 0) is 0 Å². The first-order valence-electron chi connectivity index (χ1n) is 4.18. The lowest BCUT2D eigenvalue weighted by molar-refractivity contribution is -0.385. The Labute approximate surface area is 91.0 Å². The Morgan fingerprint density at radius 3 is 2.67 bits per heavy atom. The van der Waals surface area contributed by atoms with Gasteiger partial charge in [-0.15, -0.1) is 0 Å². The van der Waals surface area contributed by atoms with Gasteiger partial charge in [-0.05, 0) is 13.0 Å². The fourth-order valence-corrected chi connectivity index (χ4v) is 1.40. The summed E-state index contributed by atoms with van der Waals surface area (Å²) in [6, 6.07) is 3.24. The Morgan fingerprint density at radius 1 is 1.60 bits per heavy atom. The van der Waals surface area contributed by atoms with Crippen LogP contribution in [0.1, 0.15) is 17.3 Å². The summed E-state index contributed by atoms with van der Waals surface area (Å²) >= 11 is 5.73. The van der Waals surface area contributed by atoms with Gasteiger partial charge >= 0.3 is 0 Å². The van der Waals surface area contributed by atoms with Crippen molar-refractivity contribution in [3.63, 3.8) is 0 Å². The van der Waals surface area contributed by atoms with E-state index in [1.165, 1.54) is 25.1 Å². The molecule has 0 aliphatic rings. The number of carbonyl (C=O) groups is 1. The quantitative estimate of drug-likeness (QED) is 0.485. The van der Waals surface area contributed by atoms with Crippen molar-refractivity contribution in [2.45, 2.75) is 13.0 Å². The average molecular weight is 229 g/mol. The smallest absolute Gasteiger partial charge is 0.281 e. The summed E-state index contributed by atoms with van der Waals surface area (Å²) in [7, 11) is 0. The molecule has 0 spiro atoms. The van der Waals surface area contributed by atoms with Crippen LogP contribution in [0.25, 0.3) is 0 Å². The number of nitro benzene ring substituents is 1. The molecule has 0 aromatic heterocycles. The van der Waals surface area contributed by atoms with Crippen LogP contribution in [0.5, 0.6) is 0 Å². The number of hydrogen-bond acceptors (Lipinski definition) is 4. The largest absolute Gasteiger partial charge is 0.321 e. The molecule has 1 unspecified atom stereocenters. The first-order valence-corrected chi connectivity index (χ1v) is 4.55. The normalized spacial score (nSPS) is 12.2. The highest BCUT2D eigenvalue weighted by atomic mass is 35.5. The Morgan fingerprint density at radius 2 is 2.20 bits per heavy atom. The molecule has 0 saturated carbocycles. The van der Waals surface area contributed by atoms with E-state index in [4.69, 9.17) is 17.3 Å². The van der Waals surface area contributed by atoms with Crippen molar-refractivity contribution >= 4 is 23.1 Å². The average Bonchev–Trinajstić information content (AvgIpc) is 2.16. The number of ketones is 1. The van der Waals surface area contributed by atoms with Crippen LogP contribution in [0.4, 0.5) is 5.69 Å². The van der Waals surface area contributed by atoms with E-state index in [1.54, 1.807) is 0 Å². The molecule has 0 aliphatic heterocycles. The van der Waals surface area contributed by atoms with Gasteiger partial charge in [0.1, 0.15) is 5.56 Å². The highest BCUT2D eigenvalue weighted by Crippen LogP contribution is 2.27. The van der Waals surface area contributed by atoms with Crippen molar-refractivity contribution in [1.29, 1.82) is 0 Å². The second-order valence-electron chi connectivity index (χ2n) is 3.04. The van der Waals surface area contributed by atoms with Gasteiger partial charge < -0.3 is 5.73 Å². The minimum atomic E-state index is -0.816. The first kappa shape index (κ1) is 11.6. The lowest BCUT2D eigenvalue weighted by atomic mass is 10.0. The monoisotopic (exact) mass is 228 g/mol. The topological polar surface area (TPSA) is 86.2 Å². The molecule has 1 atom stereocenters. The third-order valence-corrected chi connectivity index (χ3v) is 2.16. The van der Waals surface area contributed by atoms with Gasteiger partial charge in [0, 0.05) is 6.07 Å². The van der Waals surface area contributed by atoms with Gasteiger partial charge in [-0.25, -0.2) is 0 Å². The molecule has 0 saturated heterocycles. The summed E-state index contributed by atoms with van der Waals surface area (Å²) < 4.78 is 0. The van der Waals surface area contributed by atoms with Crippen molar-refractivity contribution in [3.8, 4) is 0 Å². The molecule has 1 rings (SSSR count). The standard InChI is InChI=1S/C9H9ClN2O3/c1-5(11)9(13)8-6(10)3-2-4-7(8)12(14)15/h2-5H,11H2,1H3. The van der Waals surface area contributed by atoms with Crippen LogP contribution in [0, 0.1) is 10.1 Å². The molecule has 0 radical (unpaired) electrons. The molecule has 0 amide bonds. The number of nitrogens with two attached hydrogens (primary N) is 1. The van der Waals surface area contributed by atoms with Crippen LogP contribution < -0.4 is 5.73 Å². The van der Waals surface area contributed by atoms with E-state index in [2.05, 4.69) is 0 Å². The number of carbonyl (C=O) groups excluding carboxylic acids is 1. The van der Waals surface area contributed by atoms with Crippen molar-refractivity contribution < 1.29 is 9.72 Å². The molecule has 80 valence electrons. The van der Waals surface area contributed by atoms with Gasteiger partial charge in [0.05, 0.1) is 16.0 Å². The SMILES string of the molecule is CC(N)C(=O)c1c(Cl)cccc1[N+](=O)[O-]. The minimum absolute atomic E-state index is 0.0477. The number of nitrogens with zero attached hydrogens (tertiary/aromatic N) is 1. The summed E-state index contributed by atoms with van der Waals surface area (Å²) in [5.41, 5.74) is 4.93. The maximum absolute atomic E-state index is 11.6. The third-order valence-electron chi connectivity index (χ3n) is 1.85. The molecule has 5 nitrogen and oxygen atoms in total. The molecule has 1 aromatic carbocycles. The van der Waals surface area contributed by atoms with Gasteiger partial charge in [0.25, 0.3) is 5.69 Å². The van der Waals surface area contributed by atoms with Gasteiger partial charge in [0.15, 0.2) is 5.78 Å². The third kappa shape index (κ3) is 2.31. The van der Waals surface area contributed by atoms with Crippen molar-refractivity contribution in [1.82, 2.24) is 0 Å². The van der Waals surface area contributed by atoms with E-state index in [9.17, 15) is 14.9 Å². The van der Waals surface area contributed by atoms with E-state index in [-0.39, 0.29) is 16.3 Å². The predicted molar refractivity (Wildman–Crippen MR) is 56.1 cm³/mol. The zero-order valence-corrected chi connectivity index (χ0v) is 8.69. The summed E-state index contributed by atoms with van der Waals surface area (Å²) in [4.78, 5) is 21.6. The lowest BCUT2D eigenvalue weighted by Gasteiger charge is -2.06. The van der Waals surface area contributed by atoms with Crippen LogP contribution in [0.2, 0.25) is 5.02 Å². The Bertz CT molecular complexity index is 418. The van der Waals surface area contributed by atoms with E-state index < -0.39 is 16.7 Å². The van der Waals surface area contributed by atoms with Gasteiger partial charge in [-0.1, -0.05) is 17.7 Å². The van der Waals surface area contributed by atoms with E-state index >= 15 is 0 Å². The molecule has 6 heteroatoms. The fourth-order valence-electron chi connectivity index (χ4n) is 1.14. The van der Waals surface area contributed by atoms with Crippen molar-refractivity contribution in [2.75, 3.05) is 0 Å². The van der Waals surface area contributed by atoms with Gasteiger partial charge in [0.2, 0.25) is 0 Å². The number of hydrogen-bond donors (Lipinski definition) is 1. The van der Waals surface area contributed by atoms with Crippen LogP contribution in [0.15, 0.2) is 18.2 Å². The molecule has 0 heterocycles. The summed E-state index contributed by atoms with van der Waals surface area (Å²) in [6.45, 7) is 1.45. The summed E-state index contributed by atoms with van der Waals surface area (Å²) in [6.07, 6.45) is 0. The second-order valence-corrected chi connectivity index (χ2v) is 3.45. The molecule has 0 aliphatic carbocycles.